The number of carbonyl (C=O) groups excluding carboxylic acids is 1. The minimum absolute atomic E-state index is 0.391. The first kappa shape index (κ1) is 8.84. The molecule has 0 aliphatic heterocycles. The van der Waals surface area contributed by atoms with E-state index in [0.29, 0.717) is 17.9 Å². The molecule has 0 saturated heterocycles. The van der Waals surface area contributed by atoms with Crippen molar-refractivity contribution in [2.45, 2.75) is 20.3 Å². The molecular weight excluding hydrogens is 152 g/mol. The van der Waals surface area contributed by atoms with Crippen molar-refractivity contribution < 1.29 is 4.79 Å². The normalized spacial score (nSPS) is 10.2. The minimum atomic E-state index is 0.391. The highest BCUT2D eigenvalue weighted by molar-refractivity contribution is 5.70. The quantitative estimate of drug-likeness (QED) is 0.635. The zero-order chi connectivity index (χ0) is 8.97. The Balaban J connectivity index is 2.71. The number of carbonyl (C=O) groups is 1. The van der Waals surface area contributed by atoms with Crippen molar-refractivity contribution in [1.29, 1.82) is 0 Å². The largest absolute Gasteiger partial charge is 0.296 e. The predicted octanol–water partition coefficient (Wildman–Crippen LogP) is 1.49. The molecule has 1 aromatic rings. The maximum Gasteiger partial charge on any atom is 0.170 e. The van der Waals surface area contributed by atoms with Crippen LogP contribution in [0.4, 0.5) is 0 Å². The molecule has 0 fully saturated rings. The summed E-state index contributed by atoms with van der Waals surface area (Å²) in [5.41, 5.74) is 1.33. The second-order valence-corrected chi connectivity index (χ2v) is 3.15. The van der Waals surface area contributed by atoms with Gasteiger partial charge in [-0.2, -0.15) is 0 Å². The summed E-state index contributed by atoms with van der Waals surface area (Å²) in [5.74, 6) is 0.571. The maximum absolute atomic E-state index is 10.2. The molecule has 0 radical (unpaired) electrons. The highest BCUT2D eigenvalue weighted by Crippen LogP contribution is 2.02. The van der Waals surface area contributed by atoms with Crippen LogP contribution < -0.4 is 0 Å². The van der Waals surface area contributed by atoms with Gasteiger partial charge in [0.05, 0.1) is 11.9 Å². The van der Waals surface area contributed by atoms with Crippen molar-refractivity contribution in [3.8, 4) is 0 Å². The lowest BCUT2D eigenvalue weighted by atomic mass is 10.1. The first-order valence-electron chi connectivity index (χ1n) is 3.98. The predicted molar refractivity (Wildman–Crippen MR) is 46.0 cm³/mol. The number of rotatable bonds is 3. The molecule has 0 spiro atoms. The van der Waals surface area contributed by atoms with Gasteiger partial charge in [-0.1, -0.05) is 13.8 Å². The van der Waals surface area contributed by atoms with Gasteiger partial charge in [0.15, 0.2) is 6.29 Å². The summed E-state index contributed by atoms with van der Waals surface area (Å²) in [6.45, 7) is 4.24. The van der Waals surface area contributed by atoms with Gasteiger partial charge >= 0.3 is 0 Å². The van der Waals surface area contributed by atoms with E-state index in [1.54, 1.807) is 6.20 Å². The average Bonchev–Trinajstić information content (AvgIpc) is 2.05. The highest BCUT2D eigenvalue weighted by atomic mass is 16.1. The molecule has 1 aromatic heterocycles. The second-order valence-electron chi connectivity index (χ2n) is 3.15. The molecule has 0 amide bonds. The first-order valence-corrected chi connectivity index (χ1v) is 3.98. The van der Waals surface area contributed by atoms with Crippen molar-refractivity contribution in [3.05, 3.63) is 23.8 Å². The Morgan fingerprint density at radius 2 is 2.17 bits per heavy atom. The topological polar surface area (TPSA) is 42.9 Å². The van der Waals surface area contributed by atoms with Crippen LogP contribution in [0.2, 0.25) is 0 Å². The van der Waals surface area contributed by atoms with Gasteiger partial charge in [0.1, 0.15) is 5.69 Å². The molecule has 0 unspecified atom stereocenters. The molecule has 0 bridgehead atoms. The van der Waals surface area contributed by atoms with E-state index >= 15 is 0 Å². The second kappa shape index (κ2) is 3.95. The third-order valence-corrected chi connectivity index (χ3v) is 1.46. The molecule has 0 atom stereocenters. The SMILES string of the molecule is CC(C)Cc1cnc(C=O)cn1. The van der Waals surface area contributed by atoms with Gasteiger partial charge in [-0.3, -0.25) is 9.78 Å². The number of nitrogens with zero attached hydrogens (tertiary/aromatic N) is 2. The van der Waals surface area contributed by atoms with Crippen molar-refractivity contribution in [2.75, 3.05) is 0 Å². The van der Waals surface area contributed by atoms with Gasteiger partial charge in [-0.25, -0.2) is 4.98 Å². The first-order chi connectivity index (χ1) is 5.72. The van der Waals surface area contributed by atoms with Crippen LogP contribution in [0.25, 0.3) is 0 Å². The standard InChI is InChI=1S/C9H12N2O/c1-7(2)3-8-4-11-9(6-12)5-10-8/h4-7H,3H2,1-2H3. The summed E-state index contributed by atoms with van der Waals surface area (Å²) in [6.07, 6.45) is 4.77. The molecule has 1 rings (SSSR count). The van der Waals surface area contributed by atoms with Crippen LogP contribution in [-0.4, -0.2) is 16.3 Å². The third-order valence-electron chi connectivity index (χ3n) is 1.46. The summed E-state index contributed by atoms with van der Waals surface area (Å²) in [6, 6.07) is 0. The number of aromatic nitrogens is 2. The van der Waals surface area contributed by atoms with Crippen LogP contribution in [0, 0.1) is 5.92 Å². The van der Waals surface area contributed by atoms with Crippen LogP contribution in [-0.2, 0) is 6.42 Å². The summed E-state index contributed by atoms with van der Waals surface area (Å²) in [5, 5.41) is 0. The number of hydrogen-bond donors (Lipinski definition) is 0. The van der Waals surface area contributed by atoms with Crippen LogP contribution in [0.1, 0.15) is 30.0 Å². The fourth-order valence-corrected chi connectivity index (χ4v) is 0.949. The fourth-order valence-electron chi connectivity index (χ4n) is 0.949. The van der Waals surface area contributed by atoms with Crippen LogP contribution in [0.3, 0.4) is 0 Å². The van der Waals surface area contributed by atoms with Gasteiger partial charge < -0.3 is 0 Å². The van der Waals surface area contributed by atoms with E-state index in [4.69, 9.17) is 0 Å². The van der Waals surface area contributed by atoms with E-state index in [-0.39, 0.29) is 0 Å². The fraction of sp³-hybridized carbons (Fsp3) is 0.444. The molecule has 1 heterocycles. The van der Waals surface area contributed by atoms with Gasteiger partial charge in [-0.05, 0) is 12.3 Å². The molecule has 3 heteroatoms. The lowest BCUT2D eigenvalue weighted by molar-refractivity contribution is 0.111. The molecule has 0 aliphatic rings. The van der Waals surface area contributed by atoms with E-state index in [2.05, 4.69) is 23.8 Å². The molecule has 0 aliphatic carbocycles. The molecule has 64 valence electrons. The Kier molecular flexibility index (Phi) is 2.91. The van der Waals surface area contributed by atoms with E-state index < -0.39 is 0 Å². The molecule has 0 N–H and O–H groups in total. The summed E-state index contributed by atoms with van der Waals surface area (Å²) in [7, 11) is 0. The molecule has 3 nitrogen and oxygen atoms in total. The van der Waals surface area contributed by atoms with Crippen molar-refractivity contribution >= 4 is 6.29 Å². The Hall–Kier alpha value is -1.25. The molecule has 0 saturated carbocycles. The number of aldehydes is 1. The Bertz CT molecular complexity index is 254. The van der Waals surface area contributed by atoms with Gasteiger partial charge in [0.25, 0.3) is 0 Å². The summed E-state index contributed by atoms with van der Waals surface area (Å²) < 4.78 is 0. The maximum atomic E-state index is 10.2. The molecule has 0 aromatic carbocycles. The smallest absolute Gasteiger partial charge is 0.170 e. The van der Waals surface area contributed by atoms with E-state index in [1.165, 1.54) is 6.20 Å². The van der Waals surface area contributed by atoms with E-state index in [9.17, 15) is 4.79 Å². The minimum Gasteiger partial charge on any atom is -0.296 e. The summed E-state index contributed by atoms with van der Waals surface area (Å²) in [4.78, 5) is 18.3. The Morgan fingerprint density at radius 1 is 1.42 bits per heavy atom. The van der Waals surface area contributed by atoms with E-state index in [1.807, 2.05) is 0 Å². The average molecular weight is 164 g/mol. The van der Waals surface area contributed by atoms with Gasteiger partial charge in [0.2, 0.25) is 0 Å². The lowest BCUT2D eigenvalue weighted by Crippen LogP contribution is -1.99. The molecular formula is C9H12N2O. The Labute approximate surface area is 71.9 Å². The monoisotopic (exact) mass is 164 g/mol. The van der Waals surface area contributed by atoms with Crippen molar-refractivity contribution in [1.82, 2.24) is 9.97 Å². The van der Waals surface area contributed by atoms with Crippen LogP contribution >= 0.6 is 0 Å². The van der Waals surface area contributed by atoms with Gasteiger partial charge in [0, 0.05) is 6.20 Å². The molecule has 12 heavy (non-hydrogen) atoms. The van der Waals surface area contributed by atoms with Crippen LogP contribution in [0.15, 0.2) is 12.4 Å². The highest BCUT2D eigenvalue weighted by Gasteiger charge is 1.99. The Morgan fingerprint density at radius 3 is 2.58 bits per heavy atom. The zero-order valence-electron chi connectivity index (χ0n) is 7.32. The van der Waals surface area contributed by atoms with Gasteiger partial charge in [-0.15, -0.1) is 0 Å². The van der Waals surface area contributed by atoms with E-state index in [0.717, 1.165) is 12.1 Å². The summed E-state index contributed by atoms with van der Waals surface area (Å²) >= 11 is 0. The van der Waals surface area contributed by atoms with Crippen LogP contribution in [0.5, 0.6) is 0 Å². The zero-order valence-corrected chi connectivity index (χ0v) is 7.32. The number of hydrogen-bond acceptors (Lipinski definition) is 3. The van der Waals surface area contributed by atoms with Crippen molar-refractivity contribution in [3.63, 3.8) is 0 Å². The third kappa shape index (κ3) is 2.42. The lowest BCUT2D eigenvalue weighted by Gasteiger charge is -2.02. The van der Waals surface area contributed by atoms with Crippen molar-refractivity contribution in [2.24, 2.45) is 5.92 Å².